The van der Waals surface area contributed by atoms with E-state index in [-0.39, 0.29) is 11.3 Å². The van der Waals surface area contributed by atoms with Gasteiger partial charge in [-0.25, -0.2) is 0 Å². The van der Waals surface area contributed by atoms with Crippen LogP contribution in [0.5, 0.6) is 0 Å². The topological polar surface area (TPSA) is 42.2 Å². The fourth-order valence-corrected chi connectivity index (χ4v) is 1.63. The second-order valence-electron chi connectivity index (χ2n) is 3.49. The van der Waals surface area contributed by atoms with Gasteiger partial charge in [0.2, 0.25) is 0 Å². The summed E-state index contributed by atoms with van der Waals surface area (Å²) in [6.45, 7) is 4.33. The Morgan fingerprint density at radius 3 is 2.93 bits per heavy atom. The van der Waals surface area contributed by atoms with Crippen molar-refractivity contribution >= 4 is 17.5 Å². The van der Waals surface area contributed by atoms with Crippen LogP contribution >= 0.6 is 11.6 Å². The Kier molecular flexibility index (Phi) is 4.69. The van der Waals surface area contributed by atoms with Gasteiger partial charge in [-0.15, -0.1) is 11.6 Å². The lowest BCUT2D eigenvalue weighted by Crippen LogP contribution is -2.29. The number of hydrogen-bond acceptors (Lipinski definition) is 2. The Morgan fingerprint density at radius 1 is 1.67 bits per heavy atom. The van der Waals surface area contributed by atoms with Crippen LogP contribution in [0.3, 0.4) is 0 Å². The van der Waals surface area contributed by atoms with Gasteiger partial charge in [-0.2, -0.15) is 0 Å². The fraction of sp³-hybridized carbons (Fsp3) is 0.545. The van der Waals surface area contributed by atoms with Gasteiger partial charge in [0.05, 0.1) is 17.2 Å². The molecule has 0 fully saturated rings. The van der Waals surface area contributed by atoms with Crippen LogP contribution in [0, 0.1) is 6.92 Å². The zero-order valence-electron chi connectivity index (χ0n) is 9.05. The van der Waals surface area contributed by atoms with Gasteiger partial charge in [-0.05, 0) is 19.4 Å². The van der Waals surface area contributed by atoms with Gasteiger partial charge < -0.3 is 9.73 Å². The highest BCUT2D eigenvalue weighted by Gasteiger charge is 2.12. The average Bonchev–Trinajstić information content (AvgIpc) is 2.61. The summed E-state index contributed by atoms with van der Waals surface area (Å²) in [5.41, 5.74) is 0.579. The molecule has 0 aliphatic carbocycles. The summed E-state index contributed by atoms with van der Waals surface area (Å²) in [5, 5.41) is 2.79. The molecule has 1 rings (SSSR count). The number of hydrogen-bond donors (Lipinski definition) is 1. The highest BCUT2D eigenvalue weighted by Crippen LogP contribution is 2.09. The minimum atomic E-state index is -0.122. The molecule has 0 saturated heterocycles. The first-order valence-corrected chi connectivity index (χ1v) is 5.55. The molecular formula is C11H16ClNO2. The molecule has 1 heterocycles. The number of carbonyl (C=O) groups is 1. The van der Waals surface area contributed by atoms with Crippen molar-refractivity contribution in [2.75, 3.05) is 6.54 Å². The normalized spacial score (nSPS) is 12.5. The summed E-state index contributed by atoms with van der Waals surface area (Å²) in [4.78, 5) is 11.6. The van der Waals surface area contributed by atoms with E-state index in [1.165, 1.54) is 6.26 Å². The fourth-order valence-electron chi connectivity index (χ4n) is 1.33. The molecule has 84 valence electrons. The minimum absolute atomic E-state index is 0.00570. The molecule has 15 heavy (non-hydrogen) atoms. The predicted molar refractivity (Wildman–Crippen MR) is 60.3 cm³/mol. The van der Waals surface area contributed by atoms with Crippen LogP contribution in [0.25, 0.3) is 0 Å². The van der Waals surface area contributed by atoms with Gasteiger partial charge in [0.15, 0.2) is 0 Å². The van der Waals surface area contributed by atoms with Crippen molar-refractivity contribution in [3.8, 4) is 0 Å². The molecule has 0 saturated carbocycles. The lowest BCUT2D eigenvalue weighted by atomic mass is 10.2. The van der Waals surface area contributed by atoms with Gasteiger partial charge in [0.1, 0.15) is 5.76 Å². The summed E-state index contributed by atoms with van der Waals surface area (Å²) < 4.78 is 5.05. The maximum Gasteiger partial charge on any atom is 0.254 e. The smallest absolute Gasteiger partial charge is 0.254 e. The van der Waals surface area contributed by atoms with E-state index in [4.69, 9.17) is 16.0 Å². The molecule has 0 aliphatic rings. The zero-order chi connectivity index (χ0) is 11.3. The third kappa shape index (κ3) is 3.59. The minimum Gasteiger partial charge on any atom is -0.469 e. The third-order valence-electron chi connectivity index (χ3n) is 2.19. The summed E-state index contributed by atoms with van der Waals surface area (Å²) in [5.74, 6) is 0.511. The van der Waals surface area contributed by atoms with Gasteiger partial charge in [0, 0.05) is 6.54 Å². The Hall–Kier alpha value is -0.960. The van der Waals surface area contributed by atoms with E-state index in [2.05, 4.69) is 12.2 Å². The van der Waals surface area contributed by atoms with Crippen LogP contribution in [0.15, 0.2) is 16.7 Å². The first-order chi connectivity index (χ1) is 7.15. The molecule has 0 aromatic carbocycles. The highest BCUT2D eigenvalue weighted by molar-refractivity contribution is 6.20. The Labute approximate surface area is 94.8 Å². The molecule has 1 aromatic heterocycles. The largest absolute Gasteiger partial charge is 0.469 e. The molecule has 1 N–H and O–H groups in total. The predicted octanol–water partition coefficient (Wildman–Crippen LogP) is 2.73. The number of alkyl halides is 1. The highest BCUT2D eigenvalue weighted by atomic mass is 35.5. The van der Waals surface area contributed by atoms with Gasteiger partial charge >= 0.3 is 0 Å². The third-order valence-corrected chi connectivity index (χ3v) is 2.56. The number of rotatable bonds is 5. The number of halogens is 1. The molecule has 1 atom stereocenters. The monoisotopic (exact) mass is 229 g/mol. The molecule has 0 spiro atoms. The average molecular weight is 230 g/mol. The summed E-state index contributed by atoms with van der Waals surface area (Å²) in [6.07, 6.45) is 3.44. The van der Waals surface area contributed by atoms with Crippen molar-refractivity contribution in [2.24, 2.45) is 0 Å². The molecule has 0 aliphatic heterocycles. The summed E-state index contributed by atoms with van der Waals surface area (Å²) >= 11 is 5.99. The van der Waals surface area contributed by atoms with Crippen molar-refractivity contribution in [2.45, 2.75) is 32.1 Å². The second kappa shape index (κ2) is 5.81. The molecular weight excluding hydrogens is 214 g/mol. The van der Waals surface area contributed by atoms with E-state index in [9.17, 15) is 4.79 Å². The first kappa shape index (κ1) is 12.1. The Balaban J connectivity index is 2.40. The zero-order valence-corrected chi connectivity index (χ0v) is 9.80. The standard InChI is InChI=1S/C11H16ClNO2/c1-3-4-9(12)7-13-11(14)10-5-6-15-8(10)2/h5-6,9H,3-4,7H2,1-2H3,(H,13,14). The molecule has 0 radical (unpaired) electrons. The Morgan fingerprint density at radius 2 is 2.40 bits per heavy atom. The van der Waals surface area contributed by atoms with Crippen molar-refractivity contribution in [1.82, 2.24) is 5.32 Å². The van der Waals surface area contributed by atoms with Crippen molar-refractivity contribution in [3.63, 3.8) is 0 Å². The van der Waals surface area contributed by atoms with Crippen LogP contribution in [-0.4, -0.2) is 17.8 Å². The van der Waals surface area contributed by atoms with Crippen LogP contribution in [0.1, 0.15) is 35.9 Å². The van der Waals surface area contributed by atoms with E-state index in [1.54, 1.807) is 13.0 Å². The molecule has 1 aromatic rings. The van der Waals surface area contributed by atoms with Crippen molar-refractivity contribution in [1.29, 1.82) is 0 Å². The van der Waals surface area contributed by atoms with E-state index in [1.807, 2.05) is 0 Å². The lowest BCUT2D eigenvalue weighted by molar-refractivity contribution is 0.0952. The number of aryl methyl sites for hydroxylation is 1. The van der Waals surface area contributed by atoms with E-state index in [0.717, 1.165) is 12.8 Å². The van der Waals surface area contributed by atoms with Gasteiger partial charge in [-0.3, -0.25) is 4.79 Å². The maximum absolute atomic E-state index is 11.6. The van der Waals surface area contributed by atoms with Crippen molar-refractivity contribution < 1.29 is 9.21 Å². The van der Waals surface area contributed by atoms with Gasteiger partial charge in [0.25, 0.3) is 5.91 Å². The van der Waals surface area contributed by atoms with Crippen LogP contribution in [0.4, 0.5) is 0 Å². The lowest BCUT2D eigenvalue weighted by Gasteiger charge is -2.08. The molecule has 3 nitrogen and oxygen atoms in total. The SMILES string of the molecule is CCCC(Cl)CNC(=O)c1ccoc1C. The first-order valence-electron chi connectivity index (χ1n) is 5.11. The number of furan rings is 1. The van der Waals surface area contributed by atoms with E-state index >= 15 is 0 Å². The summed E-state index contributed by atoms with van der Waals surface area (Å²) in [7, 11) is 0. The molecule has 4 heteroatoms. The van der Waals surface area contributed by atoms with E-state index < -0.39 is 0 Å². The second-order valence-corrected chi connectivity index (χ2v) is 4.10. The molecule has 0 bridgehead atoms. The van der Waals surface area contributed by atoms with E-state index in [0.29, 0.717) is 17.9 Å². The maximum atomic E-state index is 11.6. The quantitative estimate of drug-likeness (QED) is 0.789. The van der Waals surface area contributed by atoms with Crippen LogP contribution in [0.2, 0.25) is 0 Å². The molecule has 1 unspecified atom stereocenters. The van der Waals surface area contributed by atoms with Crippen LogP contribution in [-0.2, 0) is 0 Å². The van der Waals surface area contributed by atoms with Gasteiger partial charge in [-0.1, -0.05) is 13.3 Å². The van der Waals surface area contributed by atoms with Crippen molar-refractivity contribution in [3.05, 3.63) is 23.7 Å². The number of amides is 1. The summed E-state index contributed by atoms with van der Waals surface area (Å²) in [6, 6.07) is 1.66. The molecule has 1 amide bonds. The Bertz CT molecular complexity index is 322. The number of nitrogens with one attached hydrogen (secondary N) is 1. The number of carbonyl (C=O) groups excluding carboxylic acids is 1. The van der Waals surface area contributed by atoms with Crippen LogP contribution < -0.4 is 5.32 Å².